The van der Waals surface area contributed by atoms with Crippen molar-refractivity contribution < 1.29 is 27.8 Å². The van der Waals surface area contributed by atoms with Gasteiger partial charge in [-0.15, -0.1) is 5.10 Å². The lowest BCUT2D eigenvalue weighted by atomic mass is 10.1. The van der Waals surface area contributed by atoms with Crippen molar-refractivity contribution in [3.8, 4) is 5.69 Å². The van der Waals surface area contributed by atoms with E-state index in [4.69, 9.17) is 5.11 Å². The van der Waals surface area contributed by atoms with E-state index in [-0.39, 0.29) is 17.1 Å². The van der Waals surface area contributed by atoms with Crippen molar-refractivity contribution in [3.63, 3.8) is 0 Å². The normalized spacial score (nSPS) is 11.5. The molecule has 1 aromatic heterocycles. The van der Waals surface area contributed by atoms with Gasteiger partial charge < -0.3 is 9.84 Å². The van der Waals surface area contributed by atoms with Crippen LogP contribution in [-0.2, 0) is 17.5 Å². The molecule has 0 bridgehead atoms. The predicted molar refractivity (Wildman–Crippen MR) is 63.6 cm³/mol. The third-order valence-electron chi connectivity index (χ3n) is 2.69. The van der Waals surface area contributed by atoms with Crippen LogP contribution >= 0.6 is 0 Å². The van der Waals surface area contributed by atoms with Crippen LogP contribution in [0.4, 0.5) is 13.2 Å². The number of carbonyl (C=O) groups excluding carboxylic acids is 1. The minimum Gasteiger partial charge on any atom is -0.463 e. The van der Waals surface area contributed by atoms with Gasteiger partial charge in [-0.05, 0) is 17.7 Å². The van der Waals surface area contributed by atoms with E-state index in [0.29, 0.717) is 0 Å². The van der Waals surface area contributed by atoms with Crippen molar-refractivity contribution in [1.29, 1.82) is 0 Å². The van der Waals surface area contributed by atoms with Crippen LogP contribution in [0.3, 0.4) is 0 Å². The molecular weight excluding hydrogens is 291 g/mol. The highest BCUT2D eigenvalue weighted by atomic mass is 19.4. The molecule has 112 valence electrons. The molecule has 0 aliphatic carbocycles. The molecule has 0 unspecified atom stereocenters. The number of nitrogens with zero attached hydrogens (tertiary/aromatic N) is 3. The van der Waals surface area contributed by atoms with Gasteiger partial charge in [0.05, 0.1) is 25.0 Å². The fourth-order valence-electron chi connectivity index (χ4n) is 1.68. The molecule has 0 saturated heterocycles. The third kappa shape index (κ3) is 3.02. The van der Waals surface area contributed by atoms with Crippen LogP contribution < -0.4 is 0 Å². The number of aliphatic hydroxyl groups excluding tert-OH is 1. The average Bonchev–Trinajstić information content (AvgIpc) is 2.94. The molecule has 0 spiro atoms. The highest BCUT2D eigenvalue weighted by Crippen LogP contribution is 2.33. The average molecular weight is 301 g/mol. The number of methoxy groups -OCH3 is 1. The molecule has 6 nitrogen and oxygen atoms in total. The van der Waals surface area contributed by atoms with E-state index >= 15 is 0 Å². The SMILES string of the molecule is COC(=O)c1ncn(-c2ccc(CO)c(C(F)(F)F)c2)n1. The lowest BCUT2D eigenvalue weighted by molar-refractivity contribution is -0.138. The fourth-order valence-corrected chi connectivity index (χ4v) is 1.68. The number of ether oxygens (including phenoxy) is 1. The standard InChI is InChI=1S/C12H10F3N3O3/c1-21-11(20)10-16-6-18(17-10)8-3-2-7(5-19)9(4-8)12(13,14)15/h2-4,6,19H,5H2,1H3. The highest BCUT2D eigenvalue weighted by Gasteiger charge is 2.33. The first-order chi connectivity index (χ1) is 9.86. The minimum absolute atomic E-state index is 0.0576. The van der Waals surface area contributed by atoms with Crippen molar-refractivity contribution in [3.05, 3.63) is 41.5 Å². The molecule has 0 aliphatic rings. The van der Waals surface area contributed by atoms with Gasteiger partial charge in [-0.25, -0.2) is 14.5 Å². The largest absolute Gasteiger partial charge is 0.463 e. The van der Waals surface area contributed by atoms with E-state index in [9.17, 15) is 18.0 Å². The van der Waals surface area contributed by atoms with Crippen LogP contribution in [0.25, 0.3) is 5.69 Å². The van der Waals surface area contributed by atoms with Crippen molar-refractivity contribution in [1.82, 2.24) is 14.8 Å². The number of benzene rings is 1. The molecule has 0 fully saturated rings. The number of halogens is 3. The summed E-state index contributed by atoms with van der Waals surface area (Å²) in [6.45, 7) is -0.736. The second-order valence-corrected chi connectivity index (χ2v) is 4.00. The Labute approximate surface area is 116 Å². The lowest BCUT2D eigenvalue weighted by Gasteiger charge is -2.12. The number of aliphatic hydroxyl groups is 1. The van der Waals surface area contributed by atoms with Crippen molar-refractivity contribution in [2.75, 3.05) is 7.11 Å². The summed E-state index contributed by atoms with van der Waals surface area (Å²) in [5.41, 5.74) is -1.17. The summed E-state index contributed by atoms with van der Waals surface area (Å²) in [5.74, 6) is -1.06. The molecule has 2 rings (SSSR count). The second kappa shape index (κ2) is 5.52. The van der Waals surface area contributed by atoms with Gasteiger partial charge in [0, 0.05) is 0 Å². The number of alkyl halides is 3. The highest BCUT2D eigenvalue weighted by molar-refractivity contribution is 5.84. The molecule has 0 radical (unpaired) electrons. The van der Waals surface area contributed by atoms with Crippen LogP contribution in [0.5, 0.6) is 0 Å². The monoisotopic (exact) mass is 301 g/mol. The van der Waals surface area contributed by atoms with Gasteiger partial charge in [0.15, 0.2) is 0 Å². The molecular formula is C12H10F3N3O3. The fraction of sp³-hybridized carbons (Fsp3) is 0.250. The van der Waals surface area contributed by atoms with Crippen molar-refractivity contribution >= 4 is 5.97 Å². The molecule has 9 heteroatoms. The Balaban J connectivity index is 2.45. The van der Waals surface area contributed by atoms with Gasteiger partial charge in [0.2, 0.25) is 0 Å². The molecule has 1 aromatic carbocycles. The molecule has 21 heavy (non-hydrogen) atoms. The van der Waals surface area contributed by atoms with Crippen LogP contribution in [-0.4, -0.2) is 33.0 Å². The number of rotatable bonds is 3. The number of esters is 1. The van der Waals surface area contributed by atoms with Crippen LogP contribution in [0.15, 0.2) is 24.5 Å². The Morgan fingerprint density at radius 3 is 2.71 bits per heavy atom. The van der Waals surface area contributed by atoms with E-state index in [1.807, 2.05) is 0 Å². The summed E-state index contributed by atoms with van der Waals surface area (Å²) < 4.78 is 44.1. The predicted octanol–water partition coefficient (Wildman–Crippen LogP) is 1.56. The van der Waals surface area contributed by atoms with Crippen LogP contribution in [0.1, 0.15) is 21.7 Å². The van der Waals surface area contributed by atoms with E-state index in [1.165, 1.54) is 6.07 Å². The van der Waals surface area contributed by atoms with Gasteiger partial charge in [0.1, 0.15) is 6.33 Å². The maximum Gasteiger partial charge on any atom is 0.416 e. The molecule has 2 aromatic rings. The zero-order chi connectivity index (χ0) is 15.6. The van der Waals surface area contributed by atoms with Crippen molar-refractivity contribution in [2.45, 2.75) is 12.8 Å². The number of hydrogen-bond acceptors (Lipinski definition) is 5. The third-order valence-corrected chi connectivity index (χ3v) is 2.69. The molecule has 0 aliphatic heterocycles. The second-order valence-electron chi connectivity index (χ2n) is 4.00. The molecule has 0 atom stereocenters. The summed E-state index contributed by atoms with van der Waals surface area (Å²) in [5, 5.41) is 12.7. The topological polar surface area (TPSA) is 77.2 Å². The molecule has 0 saturated carbocycles. The number of aromatic nitrogens is 3. The molecule has 1 N–H and O–H groups in total. The van der Waals surface area contributed by atoms with Crippen molar-refractivity contribution in [2.24, 2.45) is 0 Å². The Kier molecular flexibility index (Phi) is 3.94. The van der Waals surface area contributed by atoms with Crippen LogP contribution in [0.2, 0.25) is 0 Å². The van der Waals surface area contributed by atoms with Gasteiger partial charge in [0.25, 0.3) is 5.82 Å². The smallest absolute Gasteiger partial charge is 0.416 e. The lowest BCUT2D eigenvalue weighted by Crippen LogP contribution is -2.11. The Hall–Kier alpha value is -2.42. The Morgan fingerprint density at radius 1 is 1.43 bits per heavy atom. The van der Waals surface area contributed by atoms with E-state index in [2.05, 4.69) is 14.8 Å². The van der Waals surface area contributed by atoms with E-state index < -0.39 is 24.3 Å². The maximum atomic E-state index is 12.9. The summed E-state index contributed by atoms with van der Waals surface area (Å²) >= 11 is 0. The molecule has 0 amide bonds. The minimum atomic E-state index is -4.61. The first kappa shape index (κ1) is 15.0. The van der Waals surface area contributed by atoms with Crippen LogP contribution in [0, 0.1) is 0 Å². The van der Waals surface area contributed by atoms with Gasteiger partial charge in [-0.3, -0.25) is 0 Å². The zero-order valence-electron chi connectivity index (χ0n) is 10.8. The Morgan fingerprint density at radius 2 is 2.14 bits per heavy atom. The van der Waals surface area contributed by atoms with E-state index in [0.717, 1.165) is 30.3 Å². The summed E-state index contributed by atoms with van der Waals surface area (Å²) in [6, 6.07) is 3.29. The number of hydrogen-bond donors (Lipinski definition) is 1. The summed E-state index contributed by atoms with van der Waals surface area (Å²) in [4.78, 5) is 14.9. The first-order valence-corrected chi connectivity index (χ1v) is 5.68. The van der Waals surface area contributed by atoms with Gasteiger partial charge in [-0.2, -0.15) is 13.2 Å². The first-order valence-electron chi connectivity index (χ1n) is 5.68. The van der Waals surface area contributed by atoms with Gasteiger partial charge >= 0.3 is 12.1 Å². The zero-order valence-corrected chi connectivity index (χ0v) is 10.8. The molecule has 1 heterocycles. The summed E-state index contributed by atoms with van der Waals surface area (Å²) in [6.07, 6.45) is -3.51. The van der Waals surface area contributed by atoms with E-state index in [1.54, 1.807) is 0 Å². The summed E-state index contributed by atoms with van der Waals surface area (Å²) in [7, 11) is 1.14. The Bertz CT molecular complexity index is 667. The number of carbonyl (C=O) groups is 1. The van der Waals surface area contributed by atoms with Gasteiger partial charge in [-0.1, -0.05) is 6.07 Å². The quantitative estimate of drug-likeness (QED) is 0.871. The maximum absolute atomic E-state index is 12.9.